The van der Waals surface area contributed by atoms with Crippen LogP contribution < -0.4 is 0 Å². The zero-order valence-electron chi connectivity index (χ0n) is 30.9. The summed E-state index contributed by atoms with van der Waals surface area (Å²) in [5.41, 5.74) is 0. The quantitative estimate of drug-likeness (QED) is 0.0392. The van der Waals surface area contributed by atoms with Crippen LogP contribution in [0.1, 0.15) is 181 Å². The summed E-state index contributed by atoms with van der Waals surface area (Å²) in [4.78, 5) is 26.8. The van der Waals surface area contributed by atoms with Crippen LogP contribution in [0.4, 0.5) is 4.79 Å². The largest absolute Gasteiger partial charge is 0.508 e. The molecule has 0 bridgehead atoms. The van der Waals surface area contributed by atoms with E-state index in [1.807, 2.05) is 0 Å². The first-order valence-corrected chi connectivity index (χ1v) is 19.5. The Labute approximate surface area is 285 Å². The maximum absolute atomic E-state index is 12.3. The number of carbonyl (C=O) groups is 2. The Morgan fingerprint density at radius 2 is 1.13 bits per heavy atom. The molecule has 1 unspecified atom stereocenters. The molecular formula is C40H75NO5. The highest BCUT2D eigenvalue weighted by atomic mass is 16.7. The molecule has 0 aliphatic heterocycles. The highest BCUT2D eigenvalue weighted by Gasteiger charge is 2.17. The van der Waals surface area contributed by atoms with Gasteiger partial charge in [0.1, 0.15) is 6.10 Å². The Bertz CT molecular complexity index is 722. The van der Waals surface area contributed by atoms with Gasteiger partial charge in [0.05, 0.1) is 13.2 Å². The zero-order chi connectivity index (χ0) is 33.8. The molecule has 0 spiro atoms. The van der Waals surface area contributed by atoms with Crippen molar-refractivity contribution in [1.82, 2.24) is 4.90 Å². The lowest BCUT2D eigenvalue weighted by molar-refractivity contribution is -0.144. The van der Waals surface area contributed by atoms with Gasteiger partial charge in [-0.15, -0.1) is 0 Å². The minimum absolute atomic E-state index is 0.147. The lowest BCUT2D eigenvalue weighted by atomic mass is 10.0. The number of unbranched alkanes of at least 4 members (excludes halogenated alkanes) is 17. The van der Waals surface area contributed by atoms with E-state index in [-0.39, 0.29) is 18.7 Å². The van der Waals surface area contributed by atoms with E-state index in [0.717, 1.165) is 70.9 Å². The number of nitrogens with zero attached hydrogens (tertiary/aromatic N) is 1. The van der Waals surface area contributed by atoms with Crippen molar-refractivity contribution in [2.75, 3.05) is 33.4 Å². The van der Waals surface area contributed by atoms with Gasteiger partial charge in [0.25, 0.3) is 0 Å². The summed E-state index contributed by atoms with van der Waals surface area (Å²) < 4.78 is 16.5. The van der Waals surface area contributed by atoms with E-state index in [4.69, 9.17) is 14.2 Å². The summed E-state index contributed by atoms with van der Waals surface area (Å²) >= 11 is 0. The minimum atomic E-state index is -0.604. The van der Waals surface area contributed by atoms with Crippen LogP contribution in [0, 0.1) is 0 Å². The van der Waals surface area contributed by atoms with Gasteiger partial charge in [0, 0.05) is 19.4 Å². The Balaban J connectivity index is 4.12. The summed E-state index contributed by atoms with van der Waals surface area (Å²) in [6.07, 6.45) is 36.3. The second-order valence-corrected chi connectivity index (χ2v) is 13.0. The lowest BCUT2D eigenvalue weighted by Gasteiger charge is -2.18. The van der Waals surface area contributed by atoms with E-state index < -0.39 is 6.16 Å². The number of allylic oxidation sites excluding steroid dienone is 4. The predicted octanol–water partition coefficient (Wildman–Crippen LogP) is 11.9. The van der Waals surface area contributed by atoms with Crippen LogP contribution in [0.5, 0.6) is 0 Å². The zero-order valence-corrected chi connectivity index (χ0v) is 30.9. The summed E-state index contributed by atoms with van der Waals surface area (Å²) in [7, 11) is 2.05. The normalized spacial score (nSPS) is 12.4. The molecule has 0 radical (unpaired) electrons. The van der Waals surface area contributed by atoms with Crippen LogP contribution in [-0.4, -0.2) is 56.5 Å². The number of ether oxygens (including phenoxy) is 3. The van der Waals surface area contributed by atoms with Crippen LogP contribution >= 0.6 is 0 Å². The van der Waals surface area contributed by atoms with Crippen molar-refractivity contribution in [1.29, 1.82) is 0 Å². The van der Waals surface area contributed by atoms with E-state index in [1.165, 1.54) is 89.9 Å². The van der Waals surface area contributed by atoms with Crippen LogP contribution in [0.3, 0.4) is 0 Å². The maximum Gasteiger partial charge on any atom is 0.508 e. The molecule has 0 saturated carbocycles. The third-order valence-corrected chi connectivity index (χ3v) is 8.62. The molecule has 0 aromatic rings. The van der Waals surface area contributed by atoms with E-state index in [0.29, 0.717) is 19.4 Å². The Hall–Kier alpha value is -1.82. The second-order valence-electron chi connectivity index (χ2n) is 13.0. The Morgan fingerprint density at radius 3 is 1.76 bits per heavy atom. The van der Waals surface area contributed by atoms with Crippen molar-refractivity contribution in [2.24, 2.45) is 0 Å². The smallest absolute Gasteiger partial charge is 0.466 e. The van der Waals surface area contributed by atoms with E-state index >= 15 is 0 Å². The van der Waals surface area contributed by atoms with Crippen LogP contribution in [-0.2, 0) is 19.0 Å². The van der Waals surface area contributed by atoms with E-state index in [9.17, 15) is 9.59 Å². The first kappa shape index (κ1) is 44.2. The predicted molar refractivity (Wildman–Crippen MR) is 195 cm³/mol. The molecule has 0 heterocycles. The average molecular weight is 650 g/mol. The first-order valence-electron chi connectivity index (χ1n) is 19.5. The van der Waals surface area contributed by atoms with Crippen LogP contribution in [0.15, 0.2) is 24.3 Å². The highest BCUT2D eigenvalue weighted by molar-refractivity contribution is 5.69. The fourth-order valence-electron chi connectivity index (χ4n) is 5.40. The van der Waals surface area contributed by atoms with Gasteiger partial charge in [-0.05, 0) is 71.4 Å². The van der Waals surface area contributed by atoms with Crippen molar-refractivity contribution in [2.45, 2.75) is 187 Å². The van der Waals surface area contributed by atoms with Crippen molar-refractivity contribution < 1.29 is 23.8 Å². The molecule has 0 aromatic carbocycles. The molecule has 270 valence electrons. The lowest BCUT2D eigenvalue weighted by Crippen LogP contribution is -2.23. The van der Waals surface area contributed by atoms with Gasteiger partial charge in [-0.3, -0.25) is 4.79 Å². The Kier molecular flexibility index (Phi) is 34.6. The molecule has 1 atom stereocenters. The molecule has 0 fully saturated rings. The van der Waals surface area contributed by atoms with Gasteiger partial charge >= 0.3 is 12.1 Å². The fourth-order valence-corrected chi connectivity index (χ4v) is 5.40. The van der Waals surface area contributed by atoms with Gasteiger partial charge in [0.15, 0.2) is 0 Å². The summed E-state index contributed by atoms with van der Waals surface area (Å²) in [5, 5.41) is 0. The monoisotopic (exact) mass is 650 g/mol. The molecule has 0 N–H and O–H groups in total. The SMILES string of the molecule is CCCCC/C=C/C/C=C/CCCCCCCC(=O)OCCC(CCCCCCCCCCCC)OC(=O)OCCCN(C)CC. The third kappa shape index (κ3) is 33.5. The molecule has 0 amide bonds. The standard InChI is InChI=1S/C40H75NO5/c1-5-8-10-12-14-16-18-19-20-21-22-24-26-28-30-33-39(42)44-37-34-38(46-40(43)45-36-31-35-41(4)7-3)32-29-27-25-23-17-15-13-11-9-6-2/h14,16,19-20,38H,5-13,15,17-18,21-37H2,1-4H3/b16-14+,20-19+. The maximum atomic E-state index is 12.3. The second kappa shape index (κ2) is 36.0. The number of esters is 1. The number of hydrogen-bond acceptors (Lipinski definition) is 6. The molecule has 6 nitrogen and oxygen atoms in total. The third-order valence-electron chi connectivity index (χ3n) is 8.62. The van der Waals surface area contributed by atoms with Crippen LogP contribution in [0.2, 0.25) is 0 Å². The fraction of sp³-hybridized carbons (Fsp3) is 0.850. The molecule has 6 heteroatoms. The van der Waals surface area contributed by atoms with Crippen molar-refractivity contribution in [3.05, 3.63) is 24.3 Å². The van der Waals surface area contributed by atoms with Gasteiger partial charge in [0.2, 0.25) is 0 Å². The topological polar surface area (TPSA) is 65.1 Å². The summed E-state index contributed by atoms with van der Waals surface area (Å²) in [6.45, 7) is 9.11. The molecular weight excluding hydrogens is 574 g/mol. The van der Waals surface area contributed by atoms with Crippen molar-refractivity contribution in [3.63, 3.8) is 0 Å². The van der Waals surface area contributed by atoms with Gasteiger partial charge in [-0.2, -0.15) is 0 Å². The van der Waals surface area contributed by atoms with Crippen LogP contribution in [0.25, 0.3) is 0 Å². The van der Waals surface area contributed by atoms with E-state index in [2.05, 4.69) is 57.0 Å². The molecule has 0 aromatic heterocycles. The average Bonchev–Trinajstić information content (AvgIpc) is 3.05. The number of hydrogen-bond donors (Lipinski definition) is 0. The summed E-state index contributed by atoms with van der Waals surface area (Å²) in [6, 6.07) is 0. The number of carbonyl (C=O) groups excluding carboxylic acids is 2. The summed E-state index contributed by atoms with van der Waals surface area (Å²) in [5.74, 6) is -0.147. The first-order chi connectivity index (χ1) is 22.5. The molecule has 46 heavy (non-hydrogen) atoms. The van der Waals surface area contributed by atoms with Crippen molar-refractivity contribution >= 4 is 12.1 Å². The highest BCUT2D eigenvalue weighted by Crippen LogP contribution is 2.16. The Morgan fingerprint density at radius 1 is 0.587 bits per heavy atom. The van der Waals surface area contributed by atoms with E-state index in [1.54, 1.807) is 0 Å². The van der Waals surface area contributed by atoms with Gasteiger partial charge in [-0.25, -0.2) is 4.79 Å². The number of rotatable bonds is 34. The minimum Gasteiger partial charge on any atom is -0.466 e. The molecule has 0 aliphatic rings. The molecule has 0 saturated heterocycles. The molecule has 0 aliphatic carbocycles. The van der Waals surface area contributed by atoms with Gasteiger partial charge in [-0.1, -0.05) is 135 Å². The molecule has 0 rings (SSSR count). The van der Waals surface area contributed by atoms with Crippen molar-refractivity contribution in [3.8, 4) is 0 Å². The van der Waals surface area contributed by atoms with Gasteiger partial charge < -0.3 is 19.1 Å².